The Morgan fingerprint density at radius 1 is 0.319 bits per heavy atom. The maximum Gasteiger partial charge on any atom is 0.143 e. The van der Waals surface area contributed by atoms with Crippen LogP contribution in [0.4, 0.5) is 0 Å². The fourth-order valence-corrected chi connectivity index (χ4v) is 16.5. The first kappa shape index (κ1) is 45.2. The van der Waals surface area contributed by atoms with E-state index in [9.17, 15) is 0 Å². The average Bonchev–Trinajstić information content (AvgIpc) is 3.91. The van der Waals surface area contributed by atoms with Gasteiger partial charge in [0.25, 0.3) is 0 Å². The zero-order valence-electron chi connectivity index (χ0n) is 42.3. The lowest BCUT2D eigenvalue weighted by Gasteiger charge is -2.45. The van der Waals surface area contributed by atoms with Crippen LogP contribution in [0.5, 0.6) is 0 Å². The maximum absolute atomic E-state index is 2.63. The van der Waals surface area contributed by atoms with Crippen molar-refractivity contribution in [3.63, 3.8) is 0 Å². The first-order chi connectivity index (χ1) is 33.3. The molecule has 2 nitrogen and oxygen atoms in total. The van der Waals surface area contributed by atoms with Crippen LogP contribution in [0, 0.1) is 0 Å². The molecule has 318 valence electrons. The molecule has 0 aliphatic heterocycles. The molecule has 0 saturated carbocycles. The molecule has 0 aliphatic carbocycles. The van der Waals surface area contributed by atoms with Crippen LogP contribution in [-0.4, -0.2) is 103 Å². The quantitative estimate of drug-likeness (QED) is 0.142. The molecule has 2 aromatic heterocycles. The van der Waals surface area contributed by atoms with E-state index in [1.807, 2.05) is 0 Å². The van der Waals surface area contributed by atoms with Gasteiger partial charge >= 0.3 is 0 Å². The summed E-state index contributed by atoms with van der Waals surface area (Å²) in [4.78, 5) is 5.42. The van der Waals surface area contributed by atoms with Gasteiger partial charge in [-0.15, -0.1) is 21.0 Å². The highest BCUT2D eigenvalue weighted by atomic mass is 32.3. The van der Waals surface area contributed by atoms with E-state index in [0.717, 1.165) is 0 Å². The summed E-state index contributed by atoms with van der Waals surface area (Å²) in [6, 6.07) is 59.3. The predicted octanol–water partition coefficient (Wildman–Crippen LogP) is -6.01. The smallest absolute Gasteiger partial charge is 0.143 e. The van der Waals surface area contributed by atoms with E-state index in [1.165, 1.54) is 151 Å². The van der Waals surface area contributed by atoms with Crippen LogP contribution in [0.1, 0.15) is 0 Å². The first-order valence-electron chi connectivity index (χ1n) is 24.5. The molecule has 0 fully saturated rings. The second kappa shape index (κ2) is 17.0. The van der Waals surface area contributed by atoms with Crippen LogP contribution in [-0.2, 0) is 0 Å². The Balaban J connectivity index is 1.21. The number of rotatable bonds is 7. The molecular formula is C54H50B12N2S. The third-order valence-electron chi connectivity index (χ3n) is 16.5. The molecule has 0 saturated heterocycles. The molecule has 15 heteroatoms. The lowest BCUT2D eigenvalue weighted by Crippen LogP contribution is -2.49. The molecule has 9 aromatic carbocycles. The Morgan fingerprint density at radius 2 is 0.754 bits per heavy atom. The van der Waals surface area contributed by atoms with Gasteiger partial charge in [-0.05, 0) is 81.9 Å². The standard InChI is InChI=1S/C54H50B12N2S/c55-39-37-38-40(56)42(58)44(60)47(63)52(38)68(51(37)46(62)43(59)41(39)57)34-22-12-10-20-31(34)27-24-25-36-33(26-27)32-21-11-13-23-35(32)67(36)53-48(64)45(61)49(65)54(50(53)66)69(28-14-4-1-5-15-28,29-16-6-2-7-17-29)30-18-8-3-9-19-30/h1-26H,55-66H2. The van der Waals surface area contributed by atoms with Crippen LogP contribution in [0.15, 0.2) is 177 Å². The fraction of sp³-hybridized carbons (Fsp3) is 0. The average molecular weight is 889 g/mol. The molecule has 0 N–H and O–H groups in total. The summed E-state index contributed by atoms with van der Waals surface area (Å²) in [6.45, 7) is 0. The van der Waals surface area contributed by atoms with Crippen molar-refractivity contribution in [2.45, 2.75) is 19.6 Å². The lowest BCUT2D eigenvalue weighted by atomic mass is 9.63. The van der Waals surface area contributed by atoms with E-state index in [4.69, 9.17) is 0 Å². The summed E-state index contributed by atoms with van der Waals surface area (Å²) >= 11 is 0. The molecule has 11 rings (SSSR count). The van der Waals surface area contributed by atoms with Gasteiger partial charge in [0.05, 0.1) is 16.7 Å². The van der Waals surface area contributed by atoms with Crippen molar-refractivity contribution in [3.05, 3.63) is 158 Å². The fourth-order valence-electron chi connectivity index (χ4n) is 12.1. The molecule has 0 bridgehead atoms. The summed E-state index contributed by atoms with van der Waals surface area (Å²) < 4.78 is 5.22. The minimum absolute atomic E-state index is 1.21. The van der Waals surface area contributed by atoms with Crippen LogP contribution in [0.2, 0.25) is 0 Å². The van der Waals surface area contributed by atoms with Gasteiger partial charge in [-0.25, -0.2) is 0 Å². The van der Waals surface area contributed by atoms with Crippen LogP contribution in [0.3, 0.4) is 0 Å². The molecule has 11 aromatic rings. The second-order valence-electron chi connectivity index (χ2n) is 19.6. The zero-order valence-corrected chi connectivity index (χ0v) is 43.1. The van der Waals surface area contributed by atoms with E-state index < -0.39 is 10.0 Å². The molecule has 2 heterocycles. The minimum Gasteiger partial charge on any atom is -0.310 e. The van der Waals surface area contributed by atoms with Gasteiger partial charge in [0.1, 0.15) is 94.2 Å². The summed E-state index contributed by atoms with van der Waals surface area (Å²) in [5.74, 6) is 0. The van der Waals surface area contributed by atoms with E-state index in [1.54, 1.807) is 0 Å². The third-order valence-corrected chi connectivity index (χ3v) is 20.6. The van der Waals surface area contributed by atoms with Crippen LogP contribution < -0.4 is 65.6 Å². The highest BCUT2D eigenvalue weighted by Crippen LogP contribution is 2.72. The summed E-state index contributed by atoms with van der Waals surface area (Å²) in [7, 11) is 26.0. The maximum atomic E-state index is 2.63. The molecule has 69 heavy (non-hydrogen) atoms. The third kappa shape index (κ3) is 6.45. The Hall–Kier alpha value is -6.29. The Morgan fingerprint density at radius 3 is 1.29 bits per heavy atom. The monoisotopic (exact) mass is 890 g/mol. The topological polar surface area (TPSA) is 9.86 Å². The highest BCUT2D eigenvalue weighted by molar-refractivity contribution is 8.34. The van der Waals surface area contributed by atoms with Gasteiger partial charge in [-0.1, -0.05) is 152 Å². The van der Waals surface area contributed by atoms with Gasteiger partial charge in [-0.2, -0.15) is 0 Å². The molecular weight excluding hydrogens is 838 g/mol. The van der Waals surface area contributed by atoms with Crippen molar-refractivity contribution < 1.29 is 0 Å². The molecule has 0 atom stereocenters. The number of hydrogen-bond donors (Lipinski definition) is 0. The number of hydrogen-bond acceptors (Lipinski definition) is 0. The van der Waals surface area contributed by atoms with Gasteiger partial charge in [-0.3, -0.25) is 0 Å². The number of nitrogens with zero attached hydrogens (tertiary/aromatic N) is 2. The number of benzene rings is 9. The van der Waals surface area contributed by atoms with Crippen LogP contribution >= 0.6 is 10.0 Å². The second-order valence-corrected chi connectivity index (χ2v) is 22.7. The molecule has 0 aliphatic rings. The van der Waals surface area contributed by atoms with E-state index in [-0.39, 0.29) is 0 Å². The minimum atomic E-state index is -1.97. The SMILES string of the molecule is Bc1c(B)c(-n2c3ccccc3c3cc(-c4ccccc4-n4c5c(B)c(B)c(B)c(B)c5c5c(B)c(B)c(B)c(B)c54)ccc32)c(B)c(S(c2ccccc2)(c2ccccc2)c2ccccc2)c1B. The number of para-hydroxylation sites is 2. The van der Waals surface area contributed by atoms with E-state index >= 15 is 0 Å². The summed E-state index contributed by atoms with van der Waals surface area (Å²) in [5, 5.41) is 5.28. The zero-order chi connectivity index (χ0) is 48.2. The van der Waals surface area contributed by atoms with Gasteiger partial charge in [0, 0.05) is 47.7 Å². The van der Waals surface area contributed by atoms with Gasteiger partial charge < -0.3 is 9.13 Å². The number of fused-ring (bicyclic) bond motifs is 6. The molecule has 0 unspecified atom stereocenters. The molecule has 0 amide bonds. The molecule has 0 radical (unpaired) electrons. The van der Waals surface area contributed by atoms with Crippen molar-refractivity contribution in [3.8, 4) is 22.5 Å². The van der Waals surface area contributed by atoms with E-state index in [0.29, 0.717) is 0 Å². The predicted molar refractivity (Wildman–Crippen MR) is 339 cm³/mol. The van der Waals surface area contributed by atoms with Crippen molar-refractivity contribution in [2.75, 3.05) is 0 Å². The van der Waals surface area contributed by atoms with Crippen molar-refractivity contribution in [1.82, 2.24) is 9.13 Å². The number of aromatic nitrogens is 2. The van der Waals surface area contributed by atoms with Crippen molar-refractivity contribution in [1.29, 1.82) is 0 Å². The highest BCUT2D eigenvalue weighted by Gasteiger charge is 2.37. The summed E-state index contributed by atoms with van der Waals surface area (Å²) in [5.41, 5.74) is 26.3. The Kier molecular flexibility index (Phi) is 11.1. The Bertz CT molecular complexity index is 3760. The van der Waals surface area contributed by atoms with Gasteiger partial charge in [0.15, 0.2) is 0 Å². The largest absolute Gasteiger partial charge is 0.310 e. The summed E-state index contributed by atoms with van der Waals surface area (Å²) in [6.07, 6.45) is 0. The first-order valence-corrected chi connectivity index (χ1v) is 26.2. The molecule has 0 spiro atoms. The van der Waals surface area contributed by atoms with Crippen molar-refractivity contribution >= 4 is 213 Å². The van der Waals surface area contributed by atoms with Crippen molar-refractivity contribution in [2.24, 2.45) is 0 Å². The van der Waals surface area contributed by atoms with Crippen LogP contribution in [0.25, 0.3) is 66.1 Å². The normalized spacial score (nSPS) is 12.1. The van der Waals surface area contributed by atoms with E-state index in [2.05, 4.69) is 261 Å². The van der Waals surface area contributed by atoms with Gasteiger partial charge in [0.2, 0.25) is 0 Å². The Labute approximate surface area is 419 Å². The lowest BCUT2D eigenvalue weighted by molar-refractivity contribution is 1.19.